The maximum Gasteiger partial charge on any atom is 0.324 e. The molecular weight excluding hydrogens is 298 g/mol. The van der Waals surface area contributed by atoms with Gasteiger partial charge in [-0.25, -0.2) is 4.98 Å². The molecule has 7 heteroatoms. The molecule has 0 aliphatic carbocycles. The minimum absolute atomic E-state index is 0.595. The van der Waals surface area contributed by atoms with E-state index in [1.165, 1.54) is 0 Å². The number of thiazole rings is 1. The molecule has 0 radical (unpaired) electrons. The van der Waals surface area contributed by atoms with Crippen LogP contribution < -0.4 is 9.80 Å². The van der Waals surface area contributed by atoms with E-state index in [9.17, 15) is 0 Å². The normalized spacial score (nSPS) is 15.3. The second kappa shape index (κ2) is 5.76. The van der Waals surface area contributed by atoms with Crippen LogP contribution in [0, 0.1) is 0 Å². The van der Waals surface area contributed by atoms with E-state index in [1.54, 1.807) is 11.3 Å². The minimum Gasteiger partial charge on any atom is -0.345 e. The Morgan fingerprint density at radius 3 is 2.50 bits per heavy atom. The maximum absolute atomic E-state index is 5.42. The summed E-state index contributed by atoms with van der Waals surface area (Å²) in [5, 5.41) is 7.16. The average Bonchev–Trinajstić information content (AvgIpc) is 3.28. The van der Waals surface area contributed by atoms with Gasteiger partial charge < -0.3 is 14.3 Å². The maximum atomic E-state index is 5.42. The van der Waals surface area contributed by atoms with Crippen LogP contribution in [0.25, 0.3) is 11.4 Å². The molecule has 3 aromatic rings. The van der Waals surface area contributed by atoms with E-state index in [0.717, 1.165) is 36.9 Å². The van der Waals surface area contributed by atoms with Crippen molar-refractivity contribution in [1.82, 2.24) is 15.1 Å². The van der Waals surface area contributed by atoms with Crippen molar-refractivity contribution < 1.29 is 4.52 Å². The van der Waals surface area contributed by atoms with Gasteiger partial charge in [0, 0.05) is 43.3 Å². The van der Waals surface area contributed by atoms with E-state index in [1.807, 2.05) is 41.9 Å². The van der Waals surface area contributed by atoms with Gasteiger partial charge in [0.15, 0.2) is 5.13 Å². The van der Waals surface area contributed by atoms with Crippen molar-refractivity contribution in [3.63, 3.8) is 0 Å². The highest BCUT2D eigenvalue weighted by Gasteiger charge is 2.22. The van der Waals surface area contributed by atoms with Gasteiger partial charge in [-0.2, -0.15) is 4.98 Å². The summed E-state index contributed by atoms with van der Waals surface area (Å²) in [5.41, 5.74) is 0.971. The molecule has 3 heterocycles. The second-order valence-electron chi connectivity index (χ2n) is 5.06. The first kappa shape index (κ1) is 13.3. The summed E-state index contributed by atoms with van der Waals surface area (Å²) in [6.07, 6.45) is 1.84. The van der Waals surface area contributed by atoms with Crippen molar-refractivity contribution in [3.8, 4) is 11.4 Å². The highest BCUT2D eigenvalue weighted by molar-refractivity contribution is 7.13. The summed E-state index contributed by atoms with van der Waals surface area (Å²) >= 11 is 1.67. The van der Waals surface area contributed by atoms with Gasteiger partial charge in [0.05, 0.1) is 0 Å². The Morgan fingerprint density at radius 2 is 1.77 bits per heavy atom. The Morgan fingerprint density at radius 1 is 1.00 bits per heavy atom. The summed E-state index contributed by atoms with van der Waals surface area (Å²) < 4.78 is 5.42. The van der Waals surface area contributed by atoms with E-state index in [0.29, 0.717) is 11.8 Å². The molecule has 0 unspecified atom stereocenters. The largest absolute Gasteiger partial charge is 0.345 e. The van der Waals surface area contributed by atoms with Crippen LogP contribution in [-0.2, 0) is 0 Å². The fourth-order valence-corrected chi connectivity index (χ4v) is 3.21. The fraction of sp³-hybridized carbons (Fsp3) is 0.267. The van der Waals surface area contributed by atoms with Crippen LogP contribution in [0.1, 0.15) is 0 Å². The lowest BCUT2D eigenvalue weighted by Crippen LogP contribution is -2.46. The molecule has 0 spiro atoms. The zero-order chi connectivity index (χ0) is 14.8. The number of hydrogen-bond acceptors (Lipinski definition) is 7. The predicted octanol–water partition coefficient (Wildman–Crippen LogP) is 2.52. The number of aromatic nitrogens is 3. The topological polar surface area (TPSA) is 58.3 Å². The number of benzene rings is 1. The van der Waals surface area contributed by atoms with E-state index in [2.05, 4.69) is 24.9 Å². The lowest BCUT2D eigenvalue weighted by atomic mass is 10.2. The molecule has 22 heavy (non-hydrogen) atoms. The lowest BCUT2D eigenvalue weighted by Gasteiger charge is -2.33. The van der Waals surface area contributed by atoms with Crippen molar-refractivity contribution in [1.29, 1.82) is 0 Å². The van der Waals surface area contributed by atoms with Gasteiger partial charge in [-0.05, 0) is 0 Å². The van der Waals surface area contributed by atoms with E-state index in [4.69, 9.17) is 4.52 Å². The molecule has 1 aliphatic rings. The molecule has 0 amide bonds. The average molecular weight is 313 g/mol. The third-order valence-corrected chi connectivity index (χ3v) is 4.52. The van der Waals surface area contributed by atoms with Gasteiger partial charge in [0.2, 0.25) is 5.82 Å². The van der Waals surface area contributed by atoms with Crippen LogP contribution in [0.2, 0.25) is 0 Å². The smallest absolute Gasteiger partial charge is 0.324 e. The quantitative estimate of drug-likeness (QED) is 0.740. The van der Waals surface area contributed by atoms with Gasteiger partial charge in [-0.15, -0.1) is 11.3 Å². The number of anilines is 2. The SMILES string of the molecule is c1ccc(-c2noc(N3CCN(c4nccs4)CC3)n2)cc1. The number of piperazine rings is 1. The van der Waals surface area contributed by atoms with Crippen molar-refractivity contribution in [2.24, 2.45) is 0 Å². The van der Waals surface area contributed by atoms with Crippen LogP contribution in [0.15, 0.2) is 46.4 Å². The molecule has 0 saturated carbocycles. The van der Waals surface area contributed by atoms with Crippen LogP contribution in [0.5, 0.6) is 0 Å². The van der Waals surface area contributed by atoms with E-state index >= 15 is 0 Å². The summed E-state index contributed by atoms with van der Waals surface area (Å²) in [5.74, 6) is 0.637. The summed E-state index contributed by atoms with van der Waals surface area (Å²) in [4.78, 5) is 13.3. The van der Waals surface area contributed by atoms with Gasteiger partial charge in [0.1, 0.15) is 0 Å². The van der Waals surface area contributed by atoms with Crippen molar-refractivity contribution in [3.05, 3.63) is 41.9 Å². The monoisotopic (exact) mass is 313 g/mol. The first-order valence-electron chi connectivity index (χ1n) is 7.19. The van der Waals surface area contributed by atoms with Gasteiger partial charge in [0.25, 0.3) is 0 Å². The molecule has 1 fully saturated rings. The highest BCUT2D eigenvalue weighted by Crippen LogP contribution is 2.23. The minimum atomic E-state index is 0.595. The number of nitrogens with zero attached hydrogens (tertiary/aromatic N) is 5. The van der Waals surface area contributed by atoms with Gasteiger partial charge in [-0.3, -0.25) is 0 Å². The van der Waals surface area contributed by atoms with Crippen molar-refractivity contribution in [2.75, 3.05) is 36.0 Å². The zero-order valence-corrected chi connectivity index (χ0v) is 12.7. The fourth-order valence-electron chi connectivity index (χ4n) is 2.51. The third-order valence-electron chi connectivity index (χ3n) is 3.69. The highest BCUT2D eigenvalue weighted by atomic mass is 32.1. The Kier molecular flexibility index (Phi) is 3.48. The molecule has 1 saturated heterocycles. The molecular formula is C15H15N5OS. The molecule has 112 valence electrons. The summed E-state index contributed by atoms with van der Waals surface area (Å²) in [6.45, 7) is 3.54. The summed E-state index contributed by atoms with van der Waals surface area (Å²) in [6, 6.07) is 10.5. The molecule has 1 aliphatic heterocycles. The first-order chi connectivity index (χ1) is 10.9. The Balaban J connectivity index is 1.45. The molecule has 1 aromatic carbocycles. The number of rotatable bonds is 3. The molecule has 0 N–H and O–H groups in total. The van der Waals surface area contributed by atoms with E-state index < -0.39 is 0 Å². The Hall–Kier alpha value is -2.41. The van der Waals surface area contributed by atoms with Crippen molar-refractivity contribution >= 4 is 22.5 Å². The molecule has 0 atom stereocenters. The third kappa shape index (κ3) is 2.55. The molecule has 0 bridgehead atoms. The molecule has 2 aromatic heterocycles. The number of hydrogen-bond donors (Lipinski definition) is 0. The summed E-state index contributed by atoms with van der Waals surface area (Å²) in [7, 11) is 0. The lowest BCUT2D eigenvalue weighted by molar-refractivity contribution is 0.409. The zero-order valence-electron chi connectivity index (χ0n) is 11.9. The first-order valence-corrected chi connectivity index (χ1v) is 8.06. The predicted molar refractivity (Wildman–Crippen MR) is 86.3 cm³/mol. The Bertz CT molecular complexity index is 719. The molecule has 6 nitrogen and oxygen atoms in total. The van der Waals surface area contributed by atoms with Gasteiger partial charge in [-0.1, -0.05) is 35.5 Å². The molecule has 4 rings (SSSR count). The second-order valence-corrected chi connectivity index (χ2v) is 5.93. The van der Waals surface area contributed by atoms with Crippen molar-refractivity contribution in [2.45, 2.75) is 0 Å². The Labute approximate surface area is 132 Å². The van der Waals surface area contributed by atoms with Crippen LogP contribution in [0.3, 0.4) is 0 Å². The van der Waals surface area contributed by atoms with Gasteiger partial charge >= 0.3 is 6.01 Å². The standard InChI is InChI=1S/C15H15N5OS/c1-2-4-12(5-3-1)13-17-14(21-18-13)19-7-9-20(10-8-19)15-16-6-11-22-15/h1-6,11H,7-10H2. The van der Waals surface area contributed by atoms with Crippen LogP contribution in [0.4, 0.5) is 11.1 Å². The van der Waals surface area contributed by atoms with E-state index in [-0.39, 0.29) is 0 Å². The van der Waals surface area contributed by atoms with Crippen LogP contribution >= 0.6 is 11.3 Å². The van der Waals surface area contributed by atoms with Crippen LogP contribution in [-0.4, -0.2) is 41.3 Å².